The molecule has 5 heteroatoms. The summed E-state index contributed by atoms with van der Waals surface area (Å²) >= 11 is 0. The fourth-order valence-electron chi connectivity index (χ4n) is 3.01. The van der Waals surface area contributed by atoms with E-state index >= 15 is 0 Å². The van der Waals surface area contributed by atoms with Gasteiger partial charge in [-0.1, -0.05) is 13.8 Å². The number of carbonyl (C=O) groups is 1. The highest BCUT2D eigenvalue weighted by molar-refractivity contribution is 5.85. The van der Waals surface area contributed by atoms with Crippen molar-refractivity contribution in [2.45, 2.75) is 38.3 Å². The Morgan fingerprint density at radius 1 is 1.53 bits per heavy atom. The monoisotopic (exact) mass is 235 g/mol. The van der Waals surface area contributed by atoms with Crippen LogP contribution in [0.2, 0.25) is 0 Å². The van der Waals surface area contributed by atoms with Gasteiger partial charge in [-0.3, -0.25) is 4.79 Å². The third-order valence-electron chi connectivity index (χ3n) is 4.04. The minimum Gasteiger partial charge on any atom is -0.480 e. The van der Waals surface area contributed by atoms with Crippen molar-refractivity contribution in [1.82, 2.24) is 0 Å². The molecule has 0 amide bonds. The minimum atomic E-state index is -1.10. The van der Waals surface area contributed by atoms with E-state index in [9.17, 15) is 9.90 Å². The summed E-state index contributed by atoms with van der Waals surface area (Å²) in [6.07, 6.45) is 1.82. The number of aliphatic carboxylic acids is 1. The van der Waals surface area contributed by atoms with Gasteiger partial charge in [0.05, 0.1) is 6.10 Å². The Morgan fingerprint density at radius 3 is 2.67 bits per heavy atom. The van der Waals surface area contributed by atoms with E-state index in [-0.39, 0.29) is 24.4 Å². The maximum absolute atomic E-state index is 11.2. The number of rotatable bonds is 1. The van der Waals surface area contributed by atoms with Crippen LogP contribution in [-0.2, 0) is 9.53 Å². The van der Waals surface area contributed by atoms with Crippen LogP contribution in [0.5, 0.6) is 0 Å². The van der Waals surface area contributed by atoms with E-state index in [1.54, 1.807) is 0 Å². The van der Waals surface area contributed by atoms with E-state index in [1.165, 1.54) is 0 Å². The van der Waals surface area contributed by atoms with Crippen molar-refractivity contribution >= 4 is 18.4 Å². The molecule has 0 bridgehead atoms. The molecule has 0 aromatic rings. The molecule has 1 saturated carbocycles. The predicted molar refractivity (Wildman–Crippen MR) is 58.0 cm³/mol. The van der Waals surface area contributed by atoms with E-state index in [4.69, 9.17) is 10.5 Å². The first kappa shape index (κ1) is 12.7. The molecule has 2 fully saturated rings. The number of hydrogen-bond acceptors (Lipinski definition) is 3. The molecule has 2 aliphatic rings. The zero-order valence-electron chi connectivity index (χ0n) is 9.03. The Hall–Kier alpha value is -0.320. The summed E-state index contributed by atoms with van der Waals surface area (Å²) in [4.78, 5) is 11.2. The summed E-state index contributed by atoms with van der Waals surface area (Å²) in [5, 5.41) is 9.19. The van der Waals surface area contributed by atoms with Crippen LogP contribution in [0.4, 0.5) is 0 Å². The number of ether oxygens (including phenoxy) is 1. The topological polar surface area (TPSA) is 72.5 Å². The summed E-state index contributed by atoms with van der Waals surface area (Å²) in [7, 11) is 0. The molecule has 0 spiro atoms. The van der Waals surface area contributed by atoms with Crippen molar-refractivity contribution in [3.63, 3.8) is 0 Å². The first-order valence-corrected chi connectivity index (χ1v) is 5.06. The van der Waals surface area contributed by atoms with Crippen molar-refractivity contribution in [1.29, 1.82) is 0 Å². The van der Waals surface area contributed by atoms with Crippen molar-refractivity contribution in [2.24, 2.45) is 17.1 Å². The Morgan fingerprint density at radius 2 is 2.13 bits per heavy atom. The summed E-state index contributed by atoms with van der Waals surface area (Å²) in [6, 6.07) is 0. The highest BCUT2D eigenvalue weighted by Crippen LogP contribution is 2.57. The van der Waals surface area contributed by atoms with Crippen LogP contribution in [0, 0.1) is 11.3 Å². The Kier molecular flexibility index (Phi) is 3.07. The Bertz CT molecular complexity index is 282. The van der Waals surface area contributed by atoms with E-state index in [1.807, 2.05) is 13.8 Å². The van der Waals surface area contributed by atoms with Gasteiger partial charge in [-0.2, -0.15) is 0 Å². The van der Waals surface area contributed by atoms with Crippen LogP contribution in [0.1, 0.15) is 26.7 Å². The smallest absolute Gasteiger partial charge is 0.324 e. The molecule has 2 rings (SSSR count). The number of fused-ring (bicyclic) bond motifs is 1. The first-order chi connectivity index (χ1) is 6.42. The zero-order valence-corrected chi connectivity index (χ0v) is 9.84. The number of halogens is 1. The fraction of sp³-hybridized carbons (Fsp3) is 0.900. The molecule has 15 heavy (non-hydrogen) atoms. The summed E-state index contributed by atoms with van der Waals surface area (Å²) in [5.41, 5.74) is 4.44. The molecule has 1 aliphatic heterocycles. The van der Waals surface area contributed by atoms with Gasteiger partial charge in [-0.05, 0) is 12.8 Å². The van der Waals surface area contributed by atoms with Gasteiger partial charge in [-0.25, -0.2) is 0 Å². The van der Waals surface area contributed by atoms with Gasteiger partial charge in [0.2, 0.25) is 0 Å². The average Bonchev–Trinajstić information content (AvgIpc) is 2.16. The van der Waals surface area contributed by atoms with Gasteiger partial charge >= 0.3 is 5.97 Å². The maximum atomic E-state index is 11.2. The predicted octanol–water partition coefficient (Wildman–Crippen LogP) is 1.03. The van der Waals surface area contributed by atoms with Crippen LogP contribution < -0.4 is 5.73 Å². The number of nitrogens with two attached hydrogens (primary N) is 1. The third-order valence-corrected chi connectivity index (χ3v) is 4.04. The van der Waals surface area contributed by atoms with Crippen molar-refractivity contribution in [3.8, 4) is 0 Å². The molecule has 3 N–H and O–H groups in total. The van der Waals surface area contributed by atoms with E-state index < -0.39 is 16.9 Å². The molecular formula is C10H18ClNO3. The second-order valence-corrected chi connectivity index (χ2v) is 4.94. The van der Waals surface area contributed by atoms with Crippen LogP contribution in [-0.4, -0.2) is 29.3 Å². The second-order valence-electron chi connectivity index (χ2n) is 4.94. The molecular weight excluding hydrogens is 218 g/mol. The van der Waals surface area contributed by atoms with Crippen LogP contribution >= 0.6 is 12.4 Å². The summed E-state index contributed by atoms with van der Waals surface area (Å²) in [6.45, 7) is 4.50. The Labute approximate surface area is 95.6 Å². The number of carboxylic acids is 1. The molecule has 4 nitrogen and oxygen atoms in total. The highest BCUT2D eigenvalue weighted by Gasteiger charge is 2.70. The zero-order chi connectivity index (χ0) is 10.6. The fourth-order valence-corrected chi connectivity index (χ4v) is 3.01. The average molecular weight is 236 g/mol. The van der Waals surface area contributed by atoms with Gasteiger partial charge in [0.15, 0.2) is 0 Å². The van der Waals surface area contributed by atoms with Crippen molar-refractivity contribution < 1.29 is 14.6 Å². The Balaban J connectivity index is 0.00000112. The van der Waals surface area contributed by atoms with E-state index in [0.717, 1.165) is 19.4 Å². The molecule has 1 saturated heterocycles. The van der Waals surface area contributed by atoms with Gasteiger partial charge in [0.1, 0.15) is 5.54 Å². The molecule has 1 heterocycles. The van der Waals surface area contributed by atoms with Crippen LogP contribution in [0.25, 0.3) is 0 Å². The molecule has 0 radical (unpaired) electrons. The molecule has 0 aromatic heterocycles. The van der Waals surface area contributed by atoms with Crippen LogP contribution in [0.3, 0.4) is 0 Å². The lowest BCUT2D eigenvalue weighted by Crippen LogP contribution is -2.80. The summed E-state index contributed by atoms with van der Waals surface area (Å²) < 4.78 is 5.59. The van der Waals surface area contributed by atoms with Gasteiger partial charge < -0.3 is 15.6 Å². The second kappa shape index (κ2) is 3.61. The quantitative estimate of drug-likeness (QED) is 0.712. The molecule has 3 unspecified atom stereocenters. The molecule has 3 atom stereocenters. The molecule has 0 aromatic carbocycles. The minimum absolute atomic E-state index is 0. The lowest BCUT2D eigenvalue weighted by atomic mass is 9.46. The van der Waals surface area contributed by atoms with E-state index in [2.05, 4.69) is 0 Å². The van der Waals surface area contributed by atoms with Gasteiger partial charge in [0.25, 0.3) is 0 Å². The highest BCUT2D eigenvalue weighted by atomic mass is 35.5. The molecule has 88 valence electrons. The first-order valence-electron chi connectivity index (χ1n) is 5.06. The SMILES string of the molecule is CC1(C)C2OCCCC2C1(N)C(=O)O.Cl. The third kappa shape index (κ3) is 1.31. The lowest BCUT2D eigenvalue weighted by molar-refractivity contribution is -0.233. The van der Waals surface area contributed by atoms with Crippen molar-refractivity contribution in [3.05, 3.63) is 0 Å². The molecule has 1 aliphatic carbocycles. The van der Waals surface area contributed by atoms with Gasteiger partial charge in [-0.15, -0.1) is 12.4 Å². The number of hydrogen-bond donors (Lipinski definition) is 2. The normalized spacial score (nSPS) is 42.1. The van der Waals surface area contributed by atoms with Crippen LogP contribution in [0.15, 0.2) is 0 Å². The maximum Gasteiger partial charge on any atom is 0.324 e. The van der Waals surface area contributed by atoms with Crippen molar-refractivity contribution in [2.75, 3.05) is 6.61 Å². The van der Waals surface area contributed by atoms with E-state index in [0.29, 0.717) is 0 Å². The van der Waals surface area contributed by atoms with Gasteiger partial charge in [0, 0.05) is 17.9 Å². The number of carboxylic acid groups (broad SMARTS) is 1. The lowest BCUT2D eigenvalue weighted by Gasteiger charge is -2.63. The summed E-state index contributed by atoms with van der Waals surface area (Å²) in [5.74, 6) is -0.905. The standard InChI is InChI=1S/C10H17NO3.ClH/c1-9(2)7-6(4-3-5-14-7)10(9,11)8(12)13;/h6-7H,3-5,11H2,1-2H3,(H,12,13);1H. The largest absolute Gasteiger partial charge is 0.480 e.